The Hall–Kier alpha value is -2.61. The Bertz CT molecular complexity index is 1210. The summed E-state index contributed by atoms with van der Waals surface area (Å²) in [7, 11) is 0. The molecule has 4 aromatic rings. The molecule has 29 heavy (non-hydrogen) atoms. The first-order valence-corrected chi connectivity index (χ1v) is 10.7. The van der Waals surface area contributed by atoms with Crippen LogP contribution in [0.2, 0.25) is 0 Å². The van der Waals surface area contributed by atoms with Crippen LogP contribution in [0.15, 0.2) is 96.6 Å². The van der Waals surface area contributed by atoms with Gasteiger partial charge < -0.3 is 0 Å². The van der Waals surface area contributed by atoms with Crippen molar-refractivity contribution in [1.29, 1.82) is 0 Å². The van der Waals surface area contributed by atoms with Gasteiger partial charge in [-0.3, -0.25) is 0 Å². The van der Waals surface area contributed by atoms with E-state index in [0.717, 1.165) is 6.54 Å². The van der Waals surface area contributed by atoms with E-state index in [1.165, 1.54) is 44.3 Å². The van der Waals surface area contributed by atoms with Crippen molar-refractivity contribution in [2.45, 2.75) is 19.4 Å². The summed E-state index contributed by atoms with van der Waals surface area (Å²) in [5.41, 5.74) is 8.28. The third kappa shape index (κ3) is 3.35. The van der Waals surface area contributed by atoms with Crippen molar-refractivity contribution in [3.8, 4) is 0 Å². The van der Waals surface area contributed by atoms with Crippen LogP contribution in [-0.4, -0.2) is 0 Å². The van der Waals surface area contributed by atoms with Crippen LogP contribution in [-0.2, 0) is 27.2 Å². The fourth-order valence-electron chi connectivity index (χ4n) is 4.55. The molecule has 2 heteroatoms. The molecule has 0 aliphatic heterocycles. The molecule has 0 fully saturated rings. The van der Waals surface area contributed by atoms with E-state index in [9.17, 15) is 0 Å². The monoisotopic (exact) mass is 408 g/mol. The first-order valence-electron chi connectivity index (χ1n) is 10.0. The number of allylic oxidation sites excluding steroid dienone is 1. The Morgan fingerprint density at radius 1 is 0.759 bits per heavy atom. The summed E-state index contributed by atoms with van der Waals surface area (Å²) in [6.07, 6.45) is 2.35. The average Bonchev–Trinajstić information content (AvgIpc) is 3.10. The number of anilines is 1. The standard InChI is InChI=1S/C27H22N.Ti/c1-19-17-21-10-6-8-14-24(21)27(19)25-16-15-20-9-5-7-13-23(20)26(25)18-28-22-11-3-2-4-12-22;/h2-17,27H,18H2,1H3;/q-1;+1. The molecule has 0 heterocycles. The molecule has 1 aliphatic carbocycles. The Morgan fingerprint density at radius 2 is 1.48 bits per heavy atom. The first-order chi connectivity index (χ1) is 14.2. The van der Waals surface area contributed by atoms with E-state index in [1.54, 1.807) is 0 Å². The molecule has 0 saturated heterocycles. The Labute approximate surface area is 184 Å². The number of hydrogen-bond acceptors (Lipinski definition) is 1. The second-order valence-electron chi connectivity index (χ2n) is 7.73. The maximum atomic E-state index is 2.35. The minimum absolute atomic E-state index is 0.329. The van der Waals surface area contributed by atoms with Crippen molar-refractivity contribution < 1.29 is 20.7 Å². The molecule has 1 atom stereocenters. The van der Waals surface area contributed by atoms with Crippen LogP contribution in [0.1, 0.15) is 35.1 Å². The summed E-state index contributed by atoms with van der Waals surface area (Å²) in [6, 6.07) is 32.9. The first kappa shape index (κ1) is 18.4. The van der Waals surface area contributed by atoms with E-state index >= 15 is 0 Å². The van der Waals surface area contributed by atoms with Crippen LogP contribution in [0.5, 0.6) is 0 Å². The Morgan fingerprint density at radius 3 is 2.34 bits per heavy atom. The van der Waals surface area contributed by atoms with Crippen molar-refractivity contribution in [3.05, 3.63) is 119 Å². The summed E-state index contributed by atoms with van der Waals surface area (Å²) in [6.45, 7) is 3.15. The molecule has 1 aliphatic rings. The van der Waals surface area contributed by atoms with Crippen molar-refractivity contribution in [1.82, 2.24) is 0 Å². The summed E-state index contributed by atoms with van der Waals surface area (Å²) < 4.78 is 2.35. The molecule has 0 N–H and O–H groups in total. The van der Waals surface area contributed by atoms with Gasteiger partial charge in [-0.25, -0.2) is 0 Å². The number of rotatable bonds is 4. The number of benzene rings is 4. The molecule has 0 spiro atoms. The van der Waals surface area contributed by atoms with E-state index in [-0.39, 0.29) is 0 Å². The number of hydrogen-bond donors (Lipinski definition) is 0. The molecule has 1 nitrogen and oxygen atoms in total. The Balaban J connectivity index is 1.67. The third-order valence-corrected chi connectivity index (χ3v) is 6.57. The fourth-order valence-corrected chi connectivity index (χ4v) is 5.03. The number of nitrogens with zero attached hydrogens (tertiary/aromatic N) is 1. The van der Waals surface area contributed by atoms with E-state index in [4.69, 9.17) is 0 Å². The second-order valence-corrected chi connectivity index (χ2v) is 8.57. The van der Waals surface area contributed by atoms with Crippen LogP contribution in [0.4, 0.5) is 5.69 Å². The average molecular weight is 408 g/mol. The van der Waals surface area contributed by atoms with Gasteiger partial charge in [0.25, 0.3) is 0 Å². The second kappa shape index (κ2) is 7.67. The minimum atomic E-state index is 0.329. The van der Waals surface area contributed by atoms with Gasteiger partial charge in [-0.05, 0) is 0 Å². The van der Waals surface area contributed by atoms with Crippen molar-refractivity contribution in [2.24, 2.45) is 0 Å². The predicted octanol–water partition coefficient (Wildman–Crippen LogP) is 6.86. The van der Waals surface area contributed by atoms with Gasteiger partial charge in [0.1, 0.15) is 0 Å². The SMILES string of the molecule is CC1=Cc2ccccc2C1c1ccc2ccccc2c1C[N]([Ti])c1ccccc1. The zero-order valence-electron chi connectivity index (χ0n) is 16.5. The summed E-state index contributed by atoms with van der Waals surface area (Å²) in [4.78, 5) is 0. The van der Waals surface area contributed by atoms with Crippen molar-refractivity contribution in [3.63, 3.8) is 0 Å². The van der Waals surface area contributed by atoms with Gasteiger partial charge in [0.2, 0.25) is 0 Å². The summed E-state index contributed by atoms with van der Waals surface area (Å²) in [5, 5.41) is 2.66. The molecular weight excluding hydrogens is 386 g/mol. The van der Waals surface area contributed by atoms with Gasteiger partial charge in [-0.2, -0.15) is 0 Å². The zero-order valence-corrected chi connectivity index (χ0v) is 18.0. The molecule has 1 unspecified atom stereocenters. The normalized spacial score (nSPS) is 15.2. The molecule has 0 radical (unpaired) electrons. The molecule has 0 amide bonds. The molecule has 139 valence electrons. The van der Waals surface area contributed by atoms with Crippen LogP contribution < -0.4 is 3.38 Å². The zero-order chi connectivity index (χ0) is 19.8. The maximum absolute atomic E-state index is 2.35. The summed E-state index contributed by atoms with van der Waals surface area (Å²) >= 11 is 2.19. The number of para-hydroxylation sites is 1. The van der Waals surface area contributed by atoms with Crippen molar-refractivity contribution in [2.75, 3.05) is 3.38 Å². The molecule has 0 bridgehead atoms. The van der Waals surface area contributed by atoms with Gasteiger partial charge in [-0.15, -0.1) is 0 Å². The predicted molar refractivity (Wildman–Crippen MR) is 119 cm³/mol. The van der Waals surface area contributed by atoms with E-state index in [0.29, 0.717) is 5.92 Å². The van der Waals surface area contributed by atoms with E-state index in [2.05, 4.69) is 128 Å². The Kier molecular flexibility index (Phi) is 4.87. The fraction of sp³-hybridized carbons (Fsp3) is 0.111. The van der Waals surface area contributed by atoms with E-state index < -0.39 is 0 Å². The molecule has 5 rings (SSSR count). The van der Waals surface area contributed by atoms with Gasteiger partial charge in [0.05, 0.1) is 0 Å². The van der Waals surface area contributed by atoms with Crippen LogP contribution in [0, 0.1) is 0 Å². The number of fused-ring (bicyclic) bond motifs is 2. The topological polar surface area (TPSA) is 3.24 Å². The van der Waals surface area contributed by atoms with Crippen LogP contribution in [0.25, 0.3) is 16.8 Å². The van der Waals surface area contributed by atoms with Gasteiger partial charge >= 0.3 is 185 Å². The van der Waals surface area contributed by atoms with Crippen molar-refractivity contribution >= 4 is 22.5 Å². The molecule has 4 aromatic carbocycles. The molecule has 0 aromatic heterocycles. The molecule has 0 saturated carbocycles. The van der Waals surface area contributed by atoms with Gasteiger partial charge in [0, 0.05) is 0 Å². The van der Waals surface area contributed by atoms with E-state index in [1.807, 2.05) is 0 Å². The van der Waals surface area contributed by atoms with Gasteiger partial charge in [0.15, 0.2) is 0 Å². The van der Waals surface area contributed by atoms with Crippen LogP contribution in [0.3, 0.4) is 0 Å². The van der Waals surface area contributed by atoms with Crippen LogP contribution >= 0.6 is 0 Å². The van der Waals surface area contributed by atoms with Gasteiger partial charge in [-0.1, -0.05) is 0 Å². The summed E-state index contributed by atoms with van der Waals surface area (Å²) in [5.74, 6) is 0.329. The third-order valence-electron chi connectivity index (χ3n) is 5.92. The molecular formula is C27H22NTi. The quantitative estimate of drug-likeness (QED) is 0.334.